The summed E-state index contributed by atoms with van der Waals surface area (Å²) in [5.74, 6) is -1.89. The molecular formula is C12H20F3N3O3. The van der Waals surface area contributed by atoms with Gasteiger partial charge in [0.05, 0.1) is 13.2 Å². The van der Waals surface area contributed by atoms with E-state index >= 15 is 0 Å². The van der Waals surface area contributed by atoms with Crippen molar-refractivity contribution in [1.29, 1.82) is 0 Å². The Bertz CT molecular complexity index is 410. The van der Waals surface area contributed by atoms with Gasteiger partial charge in [0.1, 0.15) is 6.04 Å². The lowest BCUT2D eigenvalue weighted by atomic mass is 9.99. The molecule has 9 heteroatoms. The maximum atomic E-state index is 12.9. The minimum atomic E-state index is -4.90. The van der Waals surface area contributed by atoms with Crippen LogP contribution < -0.4 is 11.1 Å². The predicted octanol–water partition coefficient (Wildman–Crippen LogP) is 0.0181. The number of nitrogens with one attached hydrogen (secondary N) is 1. The zero-order valence-electron chi connectivity index (χ0n) is 12.2. The van der Waals surface area contributed by atoms with Gasteiger partial charge in [0.25, 0.3) is 5.91 Å². The van der Waals surface area contributed by atoms with Gasteiger partial charge in [-0.15, -0.1) is 0 Å². The fraction of sp³-hybridized carbons (Fsp3) is 0.833. The van der Waals surface area contributed by atoms with Crippen molar-refractivity contribution < 1.29 is 27.5 Å². The number of halogens is 3. The minimum absolute atomic E-state index is 0.0607. The maximum Gasteiger partial charge on any atom is 0.415 e. The van der Waals surface area contributed by atoms with Crippen molar-refractivity contribution >= 4 is 11.8 Å². The molecule has 1 rings (SSSR count). The van der Waals surface area contributed by atoms with Gasteiger partial charge >= 0.3 is 6.18 Å². The van der Waals surface area contributed by atoms with Gasteiger partial charge in [0.15, 0.2) is 5.54 Å². The van der Waals surface area contributed by atoms with Gasteiger partial charge in [-0.3, -0.25) is 9.59 Å². The van der Waals surface area contributed by atoms with Crippen LogP contribution in [0.3, 0.4) is 0 Å². The molecule has 0 radical (unpaired) electrons. The quantitative estimate of drug-likeness (QED) is 0.769. The number of ether oxygens (including phenoxy) is 1. The highest BCUT2D eigenvalue weighted by molar-refractivity contribution is 5.92. The molecule has 1 saturated heterocycles. The van der Waals surface area contributed by atoms with Gasteiger partial charge in [-0.25, -0.2) is 0 Å². The van der Waals surface area contributed by atoms with E-state index in [-0.39, 0.29) is 25.8 Å². The number of carbonyl (C=O) groups excluding carboxylic acids is 2. The largest absolute Gasteiger partial charge is 0.415 e. The lowest BCUT2D eigenvalue weighted by Gasteiger charge is -2.39. The first-order valence-electron chi connectivity index (χ1n) is 6.53. The van der Waals surface area contributed by atoms with Crippen LogP contribution >= 0.6 is 0 Å². The first kappa shape index (κ1) is 17.7. The van der Waals surface area contributed by atoms with Crippen molar-refractivity contribution in [3.8, 4) is 0 Å². The molecule has 0 aliphatic carbocycles. The van der Waals surface area contributed by atoms with Crippen LogP contribution in [0, 0.1) is 0 Å². The summed E-state index contributed by atoms with van der Waals surface area (Å²) in [6, 6.07) is -1.32. The van der Waals surface area contributed by atoms with Crippen molar-refractivity contribution in [1.82, 2.24) is 10.2 Å². The summed E-state index contributed by atoms with van der Waals surface area (Å²) in [4.78, 5) is 24.9. The van der Waals surface area contributed by atoms with Gasteiger partial charge in [-0.2, -0.15) is 13.2 Å². The van der Waals surface area contributed by atoms with Gasteiger partial charge in [0.2, 0.25) is 5.91 Å². The second kappa shape index (κ2) is 6.18. The van der Waals surface area contributed by atoms with Gasteiger partial charge in [-0.05, 0) is 20.8 Å². The molecule has 0 bridgehead atoms. The molecule has 0 saturated carbocycles. The van der Waals surface area contributed by atoms with Crippen LogP contribution in [0.2, 0.25) is 0 Å². The average Bonchev–Trinajstić information content (AvgIpc) is 2.35. The molecule has 0 aromatic rings. The SMILES string of the molecule is CC(C)NC(=O)C1COCCN1C(=O)C(C)(N)C(F)(F)F. The summed E-state index contributed by atoms with van der Waals surface area (Å²) in [6.07, 6.45) is -4.90. The number of morpholine rings is 1. The average molecular weight is 311 g/mol. The van der Waals surface area contributed by atoms with E-state index in [1.54, 1.807) is 13.8 Å². The molecule has 2 atom stereocenters. The number of hydrogen-bond donors (Lipinski definition) is 2. The second-order valence-electron chi connectivity index (χ2n) is 5.45. The Morgan fingerprint density at radius 1 is 1.38 bits per heavy atom. The summed E-state index contributed by atoms with van der Waals surface area (Å²) < 4.78 is 43.7. The Morgan fingerprint density at radius 2 is 1.95 bits per heavy atom. The summed E-state index contributed by atoms with van der Waals surface area (Å²) in [6.45, 7) is 3.80. The van der Waals surface area contributed by atoms with E-state index < -0.39 is 29.6 Å². The fourth-order valence-corrected chi connectivity index (χ4v) is 1.86. The lowest BCUT2D eigenvalue weighted by Crippen LogP contribution is -2.67. The number of carbonyl (C=O) groups is 2. The standard InChI is InChI=1S/C12H20F3N3O3/c1-7(2)17-9(19)8-6-21-5-4-18(8)10(20)11(3,16)12(13,14)15/h7-8H,4-6,16H2,1-3H3,(H,17,19). The Balaban J connectivity index is 2.96. The Hall–Kier alpha value is -1.35. The predicted molar refractivity (Wildman–Crippen MR) is 68.2 cm³/mol. The monoisotopic (exact) mass is 311 g/mol. The molecule has 122 valence electrons. The topological polar surface area (TPSA) is 84.7 Å². The zero-order chi connectivity index (χ0) is 16.4. The maximum absolute atomic E-state index is 12.9. The molecule has 1 fully saturated rings. The van der Waals surface area contributed by atoms with E-state index in [2.05, 4.69) is 5.32 Å². The minimum Gasteiger partial charge on any atom is -0.377 e. The van der Waals surface area contributed by atoms with Crippen LogP contribution in [0.15, 0.2) is 0 Å². The molecule has 6 nitrogen and oxygen atoms in total. The van der Waals surface area contributed by atoms with E-state index in [0.717, 1.165) is 4.90 Å². The Kier molecular flexibility index (Phi) is 5.21. The van der Waals surface area contributed by atoms with Crippen molar-refractivity contribution in [2.45, 2.75) is 44.6 Å². The van der Waals surface area contributed by atoms with Crippen molar-refractivity contribution in [3.05, 3.63) is 0 Å². The number of alkyl halides is 3. The number of hydrogen-bond acceptors (Lipinski definition) is 4. The number of amides is 2. The summed E-state index contributed by atoms with van der Waals surface area (Å²) in [7, 11) is 0. The molecule has 3 N–H and O–H groups in total. The molecular weight excluding hydrogens is 291 g/mol. The van der Waals surface area contributed by atoms with E-state index in [1.807, 2.05) is 0 Å². The smallest absolute Gasteiger partial charge is 0.377 e. The molecule has 0 aromatic heterocycles. The molecule has 0 spiro atoms. The van der Waals surface area contributed by atoms with E-state index in [9.17, 15) is 22.8 Å². The third kappa shape index (κ3) is 3.85. The molecule has 2 amide bonds. The molecule has 1 aliphatic heterocycles. The van der Waals surface area contributed by atoms with Crippen molar-refractivity contribution in [3.63, 3.8) is 0 Å². The van der Waals surface area contributed by atoms with Crippen molar-refractivity contribution in [2.24, 2.45) is 5.73 Å². The summed E-state index contributed by atoms with van der Waals surface area (Å²) in [5, 5.41) is 2.55. The second-order valence-corrected chi connectivity index (χ2v) is 5.45. The third-order valence-electron chi connectivity index (χ3n) is 3.16. The number of rotatable bonds is 3. The lowest BCUT2D eigenvalue weighted by molar-refractivity contribution is -0.198. The van der Waals surface area contributed by atoms with Gasteiger partial charge in [0, 0.05) is 12.6 Å². The zero-order valence-corrected chi connectivity index (χ0v) is 12.2. The van der Waals surface area contributed by atoms with Crippen LogP contribution in [0.4, 0.5) is 13.2 Å². The number of nitrogens with zero attached hydrogens (tertiary/aromatic N) is 1. The van der Waals surface area contributed by atoms with E-state index in [4.69, 9.17) is 10.5 Å². The summed E-state index contributed by atoms with van der Waals surface area (Å²) >= 11 is 0. The third-order valence-corrected chi connectivity index (χ3v) is 3.16. The normalized spacial score (nSPS) is 22.9. The molecule has 21 heavy (non-hydrogen) atoms. The van der Waals surface area contributed by atoms with E-state index in [0.29, 0.717) is 6.92 Å². The molecule has 1 aliphatic rings. The molecule has 1 heterocycles. The van der Waals surface area contributed by atoms with Crippen LogP contribution in [0.5, 0.6) is 0 Å². The first-order chi connectivity index (χ1) is 9.48. The van der Waals surface area contributed by atoms with Crippen LogP contribution in [-0.4, -0.2) is 60.3 Å². The highest BCUT2D eigenvalue weighted by atomic mass is 19.4. The molecule has 0 aromatic carbocycles. The van der Waals surface area contributed by atoms with Crippen LogP contribution in [0.25, 0.3) is 0 Å². The molecule has 2 unspecified atom stereocenters. The van der Waals surface area contributed by atoms with Crippen LogP contribution in [-0.2, 0) is 14.3 Å². The highest BCUT2D eigenvalue weighted by Gasteiger charge is 2.56. The number of nitrogens with two attached hydrogens (primary N) is 1. The Morgan fingerprint density at radius 3 is 2.43 bits per heavy atom. The summed E-state index contributed by atoms with van der Waals surface area (Å²) in [5.41, 5.74) is 2.10. The first-order valence-corrected chi connectivity index (χ1v) is 6.53. The van der Waals surface area contributed by atoms with Crippen LogP contribution in [0.1, 0.15) is 20.8 Å². The highest BCUT2D eigenvalue weighted by Crippen LogP contribution is 2.30. The van der Waals surface area contributed by atoms with Gasteiger partial charge in [-0.1, -0.05) is 0 Å². The van der Waals surface area contributed by atoms with Crippen molar-refractivity contribution in [2.75, 3.05) is 19.8 Å². The fourth-order valence-electron chi connectivity index (χ4n) is 1.86. The van der Waals surface area contributed by atoms with E-state index in [1.165, 1.54) is 0 Å². The van der Waals surface area contributed by atoms with Gasteiger partial charge < -0.3 is 20.7 Å². The Labute approximate surface area is 120 Å².